The molecule has 1 fully saturated rings. The molecule has 19 heavy (non-hydrogen) atoms. The predicted molar refractivity (Wildman–Crippen MR) is 78.4 cm³/mol. The zero-order valence-electron chi connectivity index (χ0n) is 11.9. The summed E-state index contributed by atoms with van der Waals surface area (Å²) < 4.78 is 2.12. The summed E-state index contributed by atoms with van der Waals surface area (Å²) in [4.78, 5) is 7.38. The largest absolute Gasteiger partial charge is 0.307 e. The molecular formula is C16H23N3. The zero-order chi connectivity index (χ0) is 13.2. The van der Waals surface area contributed by atoms with Crippen molar-refractivity contribution in [1.29, 1.82) is 0 Å². The first-order valence-corrected chi connectivity index (χ1v) is 7.42. The minimum absolute atomic E-state index is 0.641. The molecule has 3 heterocycles. The van der Waals surface area contributed by atoms with Gasteiger partial charge in [0, 0.05) is 30.9 Å². The Morgan fingerprint density at radius 2 is 2.21 bits per heavy atom. The number of rotatable bonds is 3. The summed E-state index contributed by atoms with van der Waals surface area (Å²) >= 11 is 0. The highest BCUT2D eigenvalue weighted by Gasteiger charge is 2.25. The molecule has 102 valence electrons. The van der Waals surface area contributed by atoms with Gasteiger partial charge < -0.3 is 4.40 Å². The maximum absolute atomic E-state index is 4.74. The Bertz CT molecular complexity index is 511. The molecular weight excluding hydrogens is 234 g/mol. The lowest BCUT2D eigenvalue weighted by Gasteiger charge is -2.38. The van der Waals surface area contributed by atoms with E-state index in [4.69, 9.17) is 4.98 Å². The van der Waals surface area contributed by atoms with Crippen molar-refractivity contribution in [1.82, 2.24) is 14.3 Å². The van der Waals surface area contributed by atoms with E-state index < -0.39 is 0 Å². The normalized spacial score (nSPS) is 21.3. The first-order valence-electron chi connectivity index (χ1n) is 7.42. The van der Waals surface area contributed by atoms with Gasteiger partial charge in [-0.25, -0.2) is 4.98 Å². The van der Waals surface area contributed by atoms with Crippen LogP contribution in [-0.4, -0.2) is 32.9 Å². The number of aromatic nitrogens is 2. The van der Waals surface area contributed by atoms with Gasteiger partial charge >= 0.3 is 0 Å². The van der Waals surface area contributed by atoms with Crippen LogP contribution in [0.3, 0.4) is 0 Å². The van der Waals surface area contributed by atoms with Crippen LogP contribution in [0.15, 0.2) is 30.6 Å². The van der Waals surface area contributed by atoms with Gasteiger partial charge in [-0.2, -0.15) is 0 Å². The molecule has 3 heteroatoms. The van der Waals surface area contributed by atoms with Crippen molar-refractivity contribution >= 4 is 5.65 Å². The van der Waals surface area contributed by atoms with Gasteiger partial charge in [0.2, 0.25) is 0 Å². The molecule has 1 unspecified atom stereocenters. The molecule has 0 N–H and O–H groups in total. The Labute approximate surface area is 115 Å². The van der Waals surface area contributed by atoms with Crippen LogP contribution in [0.1, 0.15) is 38.8 Å². The molecule has 0 spiro atoms. The second kappa shape index (κ2) is 5.33. The summed E-state index contributed by atoms with van der Waals surface area (Å²) in [5.41, 5.74) is 2.29. The topological polar surface area (TPSA) is 20.5 Å². The van der Waals surface area contributed by atoms with Gasteiger partial charge in [-0.15, -0.1) is 0 Å². The van der Waals surface area contributed by atoms with E-state index in [1.165, 1.54) is 31.5 Å². The van der Waals surface area contributed by atoms with Crippen molar-refractivity contribution in [3.8, 4) is 0 Å². The van der Waals surface area contributed by atoms with Gasteiger partial charge in [0.15, 0.2) is 0 Å². The lowest BCUT2D eigenvalue weighted by molar-refractivity contribution is 0.111. The quantitative estimate of drug-likeness (QED) is 0.842. The molecule has 2 aromatic heterocycles. The molecule has 1 saturated heterocycles. The molecule has 0 radical (unpaired) electrons. The highest BCUT2D eigenvalue weighted by molar-refractivity contribution is 5.39. The van der Waals surface area contributed by atoms with Crippen molar-refractivity contribution in [2.24, 2.45) is 0 Å². The lowest BCUT2D eigenvalue weighted by Crippen LogP contribution is -2.45. The summed E-state index contributed by atoms with van der Waals surface area (Å²) in [6.07, 6.45) is 9.36. The van der Waals surface area contributed by atoms with E-state index >= 15 is 0 Å². The fourth-order valence-corrected chi connectivity index (χ4v) is 3.25. The Balaban J connectivity index is 1.79. The third-order valence-electron chi connectivity index (χ3n) is 4.19. The fraction of sp³-hybridized carbons (Fsp3) is 0.562. The number of likely N-dealkylation sites (tertiary alicyclic amines) is 1. The van der Waals surface area contributed by atoms with Crippen LogP contribution in [0.25, 0.3) is 5.65 Å². The smallest absolute Gasteiger partial charge is 0.136 e. The van der Waals surface area contributed by atoms with Crippen LogP contribution in [-0.2, 0) is 6.42 Å². The Hall–Kier alpha value is -1.35. The standard InChI is InChI=1S/C16H23N3/c1-13(2)19-10-6-3-7-15(19)11-14-12-18-9-5-4-8-16(18)17-14/h4-5,8-9,12-13,15H,3,6-7,10-11H2,1-2H3. The Morgan fingerprint density at radius 1 is 1.32 bits per heavy atom. The summed E-state index contributed by atoms with van der Waals surface area (Å²) in [6, 6.07) is 7.48. The van der Waals surface area contributed by atoms with Gasteiger partial charge in [-0.05, 0) is 45.4 Å². The van der Waals surface area contributed by atoms with E-state index in [-0.39, 0.29) is 0 Å². The molecule has 1 atom stereocenters. The van der Waals surface area contributed by atoms with Crippen LogP contribution < -0.4 is 0 Å². The lowest BCUT2D eigenvalue weighted by atomic mass is 9.97. The van der Waals surface area contributed by atoms with Crippen LogP contribution >= 0.6 is 0 Å². The number of hydrogen-bond donors (Lipinski definition) is 0. The second-order valence-corrected chi connectivity index (χ2v) is 5.88. The van der Waals surface area contributed by atoms with Gasteiger partial charge in [0.05, 0.1) is 5.69 Å². The number of piperidine rings is 1. The molecule has 2 aromatic rings. The first kappa shape index (κ1) is 12.7. The summed E-state index contributed by atoms with van der Waals surface area (Å²) in [6.45, 7) is 5.86. The monoisotopic (exact) mass is 257 g/mol. The minimum Gasteiger partial charge on any atom is -0.307 e. The number of pyridine rings is 1. The SMILES string of the molecule is CC(C)N1CCCCC1Cc1cn2ccccc2n1. The second-order valence-electron chi connectivity index (χ2n) is 5.88. The maximum atomic E-state index is 4.74. The van der Waals surface area contributed by atoms with Crippen molar-refractivity contribution in [3.05, 3.63) is 36.3 Å². The molecule has 0 amide bonds. The van der Waals surface area contributed by atoms with Crippen LogP contribution in [0.4, 0.5) is 0 Å². The average Bonchev–Trinajstić information content (AvgIpc) is 2.81. The number of fused-ring (bicyclic) bond motifs is 1. The van der Waals surface area contributed by atoms with E-state index in [1.54, 1.807) is 0 Å². The molecule has 0 bridgehead atoms. The molecule has 3 nitrogen and oxygen atoms in total. The van der Waals surface area contributed by atoms with Crippen molar-refractivity contribution < 1.29 is 0 Å². The minimum atomic E-state index is 0.641. The van der Waals surface area contributed by atoms with Gasteiger partial charge in [-0.3, -0.25) is 4.90 Å². The Morgan fingerprint density at radius 3 is 3.00 bits per heavy atom. The maximum Gasteiger partial charge on any atom is 0.136 e. The van der Waals surface area contributed by atoms with Crippen molar-refractivity contribution in [2.45, 2.75) is 51.6 Å². The molecule has 1 aliphatic heterocycles. The molecule has 0 aromatic carbocycles. The zero-order valence-corrected chi connectivity index (χ0v) is 11.9. The van der Waals surface area contributed by atoms with E-state index in [9.17, 15) is 0 Å². The molecule has 0 saturated carbocycles. The fourth-order valence-electron chi connectivity index (χ4n) is 3.25. The molecule has 1 aliphatic rings. The van der Waals surface area contributed by atoms with Gasteiger partial charge in [0.25, 0.3) is 0 Å². The highest BCUT2D eigenvalue weighted by Crippen LogP contribution is 2.22. The van der Waals surface area contributed by atoms with Crippen molar-refractivity contribution in [3.63, 3.8) is 0 Å². The third kappa shape index (κ3) is 2.66. The predicted octanol–water partition coefficient (Wildman–Crippen LogP) is 3.14. The molecule has 0 aliphatic carbocycles. The van der Waals surface area contributed by atoms with Crippen molar-refractivity contribution in [2.75, 3.05) is 6.54 Å². The third-order valence-corrected chi connectivity index (χ3v) is 4.19. The Kier molecular flexibility index (Phi) is 3.56. The highest BCUT2D eigenvalue weighted by atomic mass is 15.2. The number of nitrogens with zero attached hydrogens (tertiary/aromatic N) is 3. The summed E-state index contributed by atoms with van der Waals surface area (Å²) in [5.74, 6) is 0. The van der Waals surface area contributed by atoms with Gasteiger partial charge in [-0.1, -0.05) is 12.5 Å². The number of hydrogen-bond acceptors (Lipinski definition) is 2. The van der Waals surface area contributed by atoms with E-state index in [0.717, 1.165) is 12.1 Å². The summed E-state index contributed by atoms with van der Waals surface area (Å²) in [5, 5.41) is 0. The van der Waals surface area contributed by atoms with E-state index in [0.29, 0.717) is 12.1 Å². The average molecular weight is 257 g/mol. The first-order chi connectivity index (χ1) is 9.24. The van der Waals surface area contributed by atoms with E-state index in [2.05, 4.69) is 47.7 Å². The summed E-state index contributed by atoms with van der Waals surface area (Å²) in [7, 11) is 0. The van der Waals surface area contributed by atoms with Crippen LogP contribution in [0.5, 0.6) is 0 Å². The molecule has 3 rings (SSSR count). The van der Waals surface area contributed by atoms with Crippen LogP contribution in [0.2, 0.25) is 0 Å². The van der Waals surface area contributed by atoms with Gasteiger partial charge in [0.1, 0.15) is 5.65 Å². The van der Waals surface area contributed by atoms with E-state index in [1.807, 2.05) is 6.07 Å². The number of imidazole rings is 1. The van der Waals surface area contributed by atoms with Crippen LogP contribution in [0, 0.1) is 0 Å².